The predicted molar refractivity (Wildman–Crippen MR) is 58.8 cm³/mol. The van der Waals surface area contributed by atoms with Gasteiger partial charge < -0.3 is 5.11 Å². The van der Waals surface area contributed by atoms with Crippen molar-refractivity contribution in [3.05, 3.63) is 17.0 Å². The molecule has 0 aliphatic carbocycles. The maximum absolute atomic E-state index is 8.77. The number of halogens is 1. The van der Waals surface area contributed by atoms with Crippen LogP contribution in [0, 0.1) is 6.92 Å². The molecule has 0 radical (unpaired) electrons. The minimum absolute atomic E-state index is 0.200. The third-order valence-electron chi connectivity index (χ3n) is 1.74. The van der Waals surface area contributed by atoms with E-state index in [-0.39, 0.29) is 11.9 Å². The molecule has 78 valence electrons. The fourth-order valence-electron chi connectivity index (χ4n) is 0.957. The van der Waals surface area contributed by atoms with Crippen LogP contribution in [0.25, 0.3) is 0 Å². The van der Waals surface area contributed by atoms with Crippen molar-refractivity contribution in [2.45, 2.75) is 30.5 Å². The molecule has 0 fully saturated rings. The standard InChI is InChI=1S/C9H13ClN2OS/c1-6-5-11-9(10)12-8(6)14-7(2)3-4-13/h5,7,13H,3-4H2,1-2H3. The van der Waals surface area contributed by atoms with Gasteiger partial charge in [-0.25, -0.2) is 9.97 Å². The van der Waals surface area contributed by atoms with Crippen molar-refractivity contribution in [2.75, 3.05) is 6.61 Å². The molecular formula is C9H13ClN2OS. The number of nitrogens with zero attached hydrogens (tertiary/aromatic N) is 2. The van der Waals surface area contributed by atoms with Crippen LogP contribution in [0.15, 0.2) is 11.2 Å². The first-order valence-electron chi connectivity index (χ1n) is 4.40. The van der Waals surface area contributed by atoms with Crippen molar-refractivity contribution in [1.29, 1.82) is 0 Å². The van der Waals surface area contributed by atoms with Gasteiger partial charge in [-0.15, -0.1) is 11.8 Å². The summed E-state index contributed by atoms with van der Waals surface area (Å²) in [4.78, 5) is 8.01. The van der Waals surface area contributed by atoms with Gasteiger partial charge in [0.1, 0.15) is 5.03 Å². The zero-order valence-corrected chi connectivity index (χ0v) is 9.77. The SMILES string of the molecule is Cc1cnc(Cl)nc1SC(C)CCO. The van der Waals surface area contributed by atoms with E-state index >= 15 is 0 Å². The summed E-state index contributed by atoms with van der Waals surface area (Å²) in [5.74, 6) is 0. The van der Waals surface area contributed by atoms with E-state index in [0.717, 1.165) is 17.0 Å². The van der Waals surface area contributed by atoms with E-state index in [1.807, 2.05) is 6.92 Å². The fraction of sp³-hybridized carbons (Fsp3) is 0.556. The molecule has 0 saturated carbocycles. The van der Waals surface area contributed by atoms with Gasteiger partial charge in [0.05, 0.1) is 0 Å². The maximum atomic E-state index is 8.77. The average molecular weight is 233 g/mol. The Labute approximate surface area is 92.9 Å². The molecule has 0 bridgehead atoms. The molecule has 3 nitrogen and oxygen atoms in total. The van der Waals surface area contributed by atoms with Gasteiger partial charge in [0.15, 0.2) is 0 Å². The molecular weight excluding hydrogens is 220 g/mol. The number of hydrogen-bond donors (Lipinski definition) is 1. The van der Waals surface area contributed by atoms with E-state index in [1.165, 1.54) is 0 Å². The van der Waals surface area contributed by atoms with Crippen LogP contribution in [-0.2, 0) is 0 Å². The van der Waals surface area contributed by atoms with Crippen molar-refractivity contribution in [3.63, 3.8) is 0 Å². The summed E-state index contributed by atoms with van der Waals surface area (Å²) in [5, 5.41) is 10.3. The van der Waals surface area contributed by atoms with Gasteiger partial charge >= 0.3 is 0 Å². The summed E-state index contributed by atoms with van der Waals surface area (Å²) in [7, 11) is 0. The second-order valence-corrected chi connectivity index (χ2v) is 4.83. The number of thioether (sulfide) groups is 1. The number of aliphatic hydroxyl groups is 1. The minimum atomic E-state index is 0.200. The zero-order chi connectivity index (χ0) is 10.6. The Morgan fingerprint density at radius 2 is 2.36 bits per heavy atom. The Balaban J connectivity index is 2.70. The first-order valence-corrected chi connectivity index (χ1v) is 5.66. The summed E-state index contributed by atoms with van der Waals surface area (Å²) in [6, 6.07) is 0. The highest BCUT2D eigenvalue weighted by Gasteiger charge is 2.08. The van der Waals surface area contributed by atoms with Crippen LogP contribution in [0.1, 0.15) is 18.9 Å². The molecule has 1 aromatic heterocycles. The predicted octanol–water partition coefficient (Wildman–Crippen LogP) is 2.30. The Hall–Kier alpha value is -0.320. The average Bonchev–Trinajstić information content (AvgIpc) is 2.12. The summed E-state index contributed by atoms with van der Waals surface area (Å²) in [6.07, 6.45) is 2.47. The number of aromatic nitrogens is 2. The summed E-state index contributed by atoms with van der Waals surface area (Å²) < 4.78 is 0. The molecule has 5 heteroatoms. The van der Waals surface area contributed by atoms with E-state index in [4.69, 9.17) is 16.7 Å². The van der Waals surface area contributed by atoms with Crippen LogP contribution in [0.3, 0.4) is 0 Å². The monoisotopic (exact) mass is 232 g/mol. The van der Waals surface area contributed by atoms with E-state index < -0.39 is 0 Å². The molecule has 1 atom stereocenters. The third-order valence-corrected chi connectivity index (χ3v) is 3.20. The van der Waals surface area contributed by atoms with Gasteiger partial charge in [0.25, 0.3) is 0 Å². The highest BCUT2D eigenvalue weighted by Crippen LogP contribution is 2.26. The quantitative estimate of drug-likeness (QED) is 0.492. The lowest BCUT2D eigenvalue weighted by Gasteiger charge is -2.10. The molecule has 0 amide bonds. The molecule has 1 rings (SSSR count). The molecule has 0 spiro atoms. The molecule has 0 aliphatic heterocycles. The van der Waals surface area contributed by atoms with Crippen molar-refractivity contribution >= 4 is 23.4 Å². The molecule has 1 heterocycles. The second kappa shape index (κ2) is 5.53. The second-order valence-electron chi connectivity index (χ2n) is 3.07. The number of rotatable bonds is 4. The first kappa shape index (κ1) is 11.8. The summed E-state index contributed by atoms with van der Waals surface area (Å²) in [5.41, 5.74) is 1.02. The van der Waals surface area contributed by atoms with Crippen molar-refractivity contribution in [2.24, 2.45) is 0 Å². The smallest absolute Gasteiger partial charge is 0.223 e. The van der Waals surface area contributed by atoms with Gasteiger partial charge in [-0.2, -0.15) is 0 Å². The van der Waals surface area contributed by atoms with Gasteiger partial charge in [0.2, 0.25) is 5.28 Å². The Kier molecular flexibility index (Phi) is 4.65. The van der Waals surface area contributed by atoms with Crippen molar-refractivity contribution in [1.82, 2.24) is 9.97 Å². The topological polar surface area (TPSA) is 46.0 Å². The van der Waals surface area contributed by atoms with Crippen LogP contribution < -0.4 is 0 Å². The van der Waals surface area contributed by atoms with Crippen LogP contribution in [0.4, 0.5) is 0 Å². The molecule has 0 aromatic carbocycles. The molecule has 1 aromatic rings. The van der Waals surface area contributed by atoms with E-state index in [0.29, 0.717) is 5.25 Å². The first-order chi connectivity index (χ1) is 6.63. The van der Waals surface area contributed by atoms with Crippen molar-refractivity contribution in [3.8, 4) is 0 Å². The normalized spacial score (nSPS) is 12.9. The molecule has 1 unspecified atom stereocenters. The van der Waals surface area contributed by atoms with Crippen LogP contribution in [0.2, 0.25) is 5.28 Å². The molecule has 0 saturated heterocycles. The van der Waals surface area contributed by atoms with E-state index in [2.05, 4.69) is 16.9 Å². The highest BCUT2D eigenvalue weighted by atomic mass is 35.5. The summed E-state index contributed by atoms with van der Waals surface area (Å²) in [6.45, 7) is 4.20. The molecule has 0 aliphatic rings. The van der Waals surface area contributed by atoms with E-state index in [1.54, 1.807) is 18.0 Å². The van der Waals surface area contributed by atoms with Crippen LogP contribution in [0.5, 0.6) is 0 Å². The Morgan fingerprint density at radius 3 is 3.00 bits per heavy atom. The lowest BCUT2D eigenvalue weighted by atomic mass is 10.3. The third kappa shape index (κ3) is 3.44. The van der Waals surface area contributed by atoms with Gasteiger partial charge in [-0.1, -0.05) is 6.92 Å². The van der Waals surface area contributed by atoms with E-state index in [9.17, 15) is 0 Å². The lowest BCUT2D eigenvalue weighted by molar-refractivity contribution is 0.289. The minimum Gasteiger partial charge on any atom is -0.396 e. The number of aryl methyl sites for hydroxylation is 1. The highest BCUT2D eigenvalue weighted by molar-refractivity contribution is 7.99. The molecule has 14 heavy (non-hydrogen) atoms. The Bertz CT molecular complexity index is 309. The Morgan fingerprint density at radius 1 is 1.64 bits per heavy atom. The summed E-state index contributed by atoms with van der Waals surface area (Å²) >= 11 is 7.31. The van der Waals surface area contributed by atoms with Crippen LogP contribution >= 0.6 is 23.4 Å². The zero-order valence-electron chi connectivity index (χ0n) is 8.20. The van der Waals surface area contributed by atoms with Gasteiger partial charge in [0, 0.05) is 18.1 Å². The van der Waals surface area contributed by atoms with Crippen LogP contribution in [-0.4, -0.2) is 26.9 Å². The van der Waals surface area contributed by atoms with Gasteiger partial charge in [-0.05, 0) is 30.5 Å². The van der Waals surface area contributed by atoms with Crippen molar-refractivity contribution < 1.29 is 5.11 Å². The number of aliphatic hydroxyl groups excluding tert-OH is 1. The lowest BCUT2D eigenvalue weighted by Crippen LogP contribution is -2.01. The number of hydrogen-bond acceptors (Lipinski definition) is 4. The largest absolute Gasteiger partial charge is 0.396 e. The molecule has 1 N–H and O–H groups in total. The fourth-order valence-corrected chi connectivity index (χ4v) is 2.12. The maximum Gasteiger partial charge on any atom is 0.223 e. The van der Waals surface area contributed by atoms with Gasteiger partial charge in [-0.3, -0.25) is 0 Å².